The van der Waals surface area contributed by atoms with Gasteiger partial charge in [0.15, 0.2) is 6.67 Å². The first kappa shape index (κ1) is 18.2. The van der Waals surface area contributed by atoms with Gasteiger partial charge in [-0.1, -0.05) is 24.3 Å². The van der Waals surface area contributed by atoms with Gasteiger partial charge < -0.3 is 9.64 Å². The number of carbonyl (C=O) groups is 2. The van der Waals surface area contributed by atoms with Crippen molar-refractivity contribution in [3.63, 3.8) is 0 Å². The van der Waals surface area contributed by atoms with Crippen LogP contribution in [-0.2, 0) is 11.3 Å². The van der Waals surface area contributed by atoms with Crippen molar-refractivity contribution in [3.8, 4) is 5.75 Å². The van der Waals surface area contributed by atoms with Crippen LogP contribution in [0.1, 0.15) is 15.9 Å². The number of rotatable bonds is 7. The van der Waals surface area contributed by atoms with Gasteiger partial charge in [-0.2, -0.15) is 0 Å². The Bertz CT molecular complexity index is 849. The van der Waals surface area contributed by atoms with Gasteiger partial charge in [-0.15, -0.1) is 0 Å². The Morgan fingerprint density at radius 3 is 2.62 bits per heavy atom. The van der Waals surface area contributed by atoms with Crippen LogP contribution in [-0.4, -0.2) is 32.0 Å². The first-order chi connectivity index (χ1) is 12.5. The largest absolute Gasteiger partial charge is 0.490 e. The molecule has 2 aromatic rings. The number of Topliss-reactive ketones (excluding diaryl/α,β-unsaturated/α-hetero) is 1. The second-order valence-corrected chi connectivity index (χ2v) is 6.70. The third-order valence-corrected chi connectivity index (χ3v) is 4.39. The highest BCUT2D eigenvalue weighted by Gasteiger charge is 2.37. The van der Waals surface area contributed by atoms with E-state index in [4.69, 9.17) is 16.3 Å². The number of hydrogen-bond acceptors (Lipinski definition) is 3. The fraction of sp³-hybridized carbons (Fsp3) is 0.200. The molecule has 3 rings (SSSR count). The third-order valence-electron chi connectivity index (χ3n) is 4.16. The van der Waals surface area contributed by atoms with Crippen molar-refractivity contribution in [2.75, 3.05) is 25.2 Å². The van der Waals surface area contributed by atoms with Gasteiger partial charge in [0.1, 0.15) is 18.9 Å². The molecule has 1 unspecified atom stereocenters. The zero-order valence-corrected chi connectivity index (χ0v) is 15.3. The summed E-state index contributed by atoms with van der Waals surface area (Å²) in [6.07, 6.45) is 1.70. The van der Waals surface area contributed by atoms with Gasteiger partial charge in [0, 0.05) is 10.6 Å². The van der Waals surface area contributed by atoms with Crippen molar-refractivity contribution >= 4 is 29.0 Å². The molecule has 1 heterocycles. The van der Waals surface area contributed by atoms with Gasteiger partial charge in [0.2, 0.25) is 0 Å². The topological polar surface area (TPSA) is 51.1 Å². The lowest BCUT2D eigenvalue weighted by molar-refractivity contribution is -0.892. The molecule has 0 radical (unpaired) electrons. The monoisotopic (exact) mass is 371 g/mol. The lowest BCUT2D eigenvalue weighted by Crippen LogP contribution is -3.09. The summed E-state index contributed by atoms with van der Waals surface area (Å²) < 4.78 is 5.47. The lowest BCUT2D eigenvalue weighted by atomic mass is 10.1. The normalized spacial score (nSPS) is 14.3. The molecule has 0 spiro atoms. The van der Waals surface area contributed by atoms with Crippen molar-refractivity contribution < 1.29 is 19.2 Å². The number of ketones is 1. The number of fused-ring (bicyclic) bond motifs is 1. The maximum Gasteiger partial charge on any atom is 0.303 e. The Balaban J connectivity index is 1.67. The van der Waals surface area contributed by atoms with Gasteiger partial charge in [0.05, 0.1) is 18.3 Å². The van der Waals surface area contributed by atoms with Crippen LogP contribution in [0.15, 0.2) is 55.1 Å². The Morgan fingerprint density at radius 2 is 1.92 bits per heavy atom. The summed E-state index contributed by atoms with van der Waals surface area (Å²) in [6.45, 7) is 5.20. The summed E-state index contributed by atoms with van der Waals surface area (Å²) in [6, 6.07) is 12.8. The third kappa shape index (κ3) is 3.79. The van der Waals surface area contributed by atoms with Gasteiger partial charge in [0.25, 0.3) is 5.78 Å². The highest BCUT2D eigenvalue weighted by Crippen LogP contribution is 2.30. The van der Waals surface area contributed by atoms with Crippen molar-refractivity contribution in [1.29, 1.82) is 0 Å². The van der Waals surface area contributed by atoms with Crippen LogP contribution in [0.2, 0.25) is 5.02 Å². The standard InChI is InChI=1S/C20H19ClN2O3/c1-3-10-26-16-7-4-14(5-8-16)12-22(2)13-23-18-9-6-15(21)11-17(18)19(24)20(23)25/h3-9,11H,1,10,12-13H2,2H3/p+1. The molecule has 0 bridgehead atoms. The van der Waals surface area contributed by atoms with Crippen LogP contribution in [0, 0.1) is 0 Å². The fourth-order valence-electron chi connectivity index (χ4n) is 2.96. The Kier molecular flexibility index (Phi) is 5.40. The summed E-state index contributed by atoms with van der Waals surface area (Å²) in [7, 11) is 1.98. The van der Waals surface area contributed by atoms with E-state index in [1.165, 1.54) is 4.90 Å². The Labute approximate surface area is 157 Å². The van der Waals surface area contributed by atoms with Crippen molar-refractivity contribution in [2.24, 2.45) is 0 Å². The number of carbonyl (C=O) groups excluding carboxylic acids is 2. The average Bonchev–Trinajstić information content (AvgIpc) is 2.85. The first-order valence-corrected chi connectivity index (χ1v) is 8.67. The van der Waals surface area contributed by atoms with Crippen molar-refractivity contribution in [2.45, 2.75) is 6.54 Å². The minimum absolute atomic E-state index is 0.374. The van der Waals surface area contributed by atoms with Crippen LogP contribution < -0.4 is 14.5 Å². The van der Waals surface area contributed by atoms with Crippen LogP contribution in [0.4, 0.5) is 5.69 Å². The van der Waals surface area contributed by atoms with Crippen LogP contribution >= 0.6 is 11.6 Å². The van der Waals surface area contributed by atoms with Gasteiger partial charge >= 0.3 is 5.91 Å². The summed E-state index contributed by atoms with van der Waals surface area (Å²) in [5, 5.41) is 0.450. The number of amides is 1. The molecule has 26 heavy (non-hydrogen) atoms. The van der Waals surface area contributed by atoms with Crippen LogP contribution in [0.5, 0.6) is 5.75 Å². The maximum atomic E-state index is 12.3. The predicted octanol–water partition coefficient (Wildman–Crippen LogP) is 2.11. The molecule has 2 aromatic carbocycles. The smallest absolute Gasteiger partial charge is 0.303 e. The van der Waals surface area contributed by atoms with Crippen molar-refractivity contribution in [3.05, 3.63) is 71.3 Å². The highest BCUT2D eigenvalue weighted by molar-refractivity contribution is 6.52. The SMILES string of the molecule is C=CCOc1ccc(C[NH+](C)CN2C(=O)C(=O)c3cc(Cl)ccc32)cc1. The summed E-state index contributed by atoms with van der Waals surface area (Å²) in [5.74, 6) is -0.216. The Morgan fingerprint density at radius 1 is 1.19 bits per heavy atom. The van der Waals surface area contributed by atoms with E-state index in [0.717, 1.165) is 16.2 Å². The van der Waals surface area contributed by atoms with Gasteiger partial charge in [-0.25, -0.2) is 0 Å². The molecular weight excluding hydrogens is 352 g/mol. The predicted molar refractivity (Wildman–Crippen MR) is 101 cm³/mol. The molecule has 1 aliphatic heterocycles. The average molecular weight is 372 g/mol. The van der Waals surface area contributed by atoms with E-state index >= 15 is 0 Å². The molecule has 0 aromatic heterocycles. The number of quaternary nitrogens is 1. The number of nitrogens with one attached hydrogen (secondary N) is 1. The number of ether oxygens (including phenoxy) is 1. The summed E-state index contributed by atoms with van der Waals surface area (Å²) in [4.78, 5) is 27.0. The molecule has 1 atom stereocenters. The number of benzene rings is 2. The van der Waals surface area contributed by atoms with E-state index in [2.05, 4.69) is 6.58 Å². The molecule has 0 aliphatic carbocycles. The molecule has 0 saturated carbocycles. The lowest BCUT2D eigenvalue weighted by Gasteiger charge is -2.21. The second-order valence-electron chi connectivity index (χ2n) is 6.26. The zero-order chi connectivity index (χ0) is 18.7. The van der Waals surface area contributed by atoms with E-state index in [0.29, 0.717) is 36.1 Å². The highest BCUT2D eigenvalue weighted by atomic mass is 35.5. The van der Waals surface area contributed by atoms with E-state index in [9.17, 15) is 9.59 Å². The minimum Gasteiger partial charge on any atom is -0.490 e. The van der Waals surface area contributed by atoms with Crippen LogP contribution in [0.3, 0.4) is 0 Å². The van der Waals surface area contributed by atoms with Gasteiger partial charge in [-0.05, 0) is 42.5 Å². The van der Waals surface area contributed by atoms with E-state index in [-0.39, 0.29) is 0 Å². The minimum atomic E-state index is -0.505. The second kappa shape index (κ2) is 7.72. The number of nitrogens with zero attached hydrogens (tertiary/aromatic N) is 1. The summed E-state index contributed by atoms with van der Waals surface area (Å²) >= 11 is 5.94. The van der Waals surface area contributed by atoms with E-state index in [1.54, 1.807) is 24.3 Å². The molecule has 134 valence electrons. The molecule has 1 aliphatic rings. The molecule has 6 heteroatoms. The molecule has 1 N–H and O–H groups in total. The molecule has 0 saturated heterocycles. The quantitative estimate of drug-likeness (QED) is 0.599. The van der Waals surface area contributed by atoms with Gasteiger partial charge in [-0.3, -0.25) is 14.5 Å². The maximum absolute atomic E-state index is 12.3. The summed E-state index contributed by atoms with van der Waals surface area (Å²) in [5.41, 5.74) is 2.11. The zero-order valence-electron chi connectivity index (χ0n) is 14.5. The fourth-order valence-corrected chi connectivity index (χ4v) is 3.13. The molecule has 5 nitrogen and oxygen atoms in total. The van der Waals surface area contributed by atoms with E-state index < -0.39 is 11.7 Å². The first-order valence-electron chi connectivity index (χ1n) is 8.29. The van der Waals surface area contributed by atoms with Crippen LogP contribution in [0.25, 0.3) is 0 Å². The number of anilines is 1. The van der Waals surface area contributed by atoms with Crippen molar-refractivity contribution in [1.82, 2.24) is 0 Å². The Hall–Kier alpha value is -2.63. The van der Waals surface area contributed by atoms with E-state index in [1.807, 2.05) is 31.3 Å². The molecule has 0 fully saturated rings. The number of halogens is 1. The molecular formula is C20H20ClN2O3+. The molecule has 1 amide bonds. The number of hydrogen-bond donors (Lipinski definition) is 1.